The van der Waals surface area contributed by atoms with Gasteiger partial charge in [-0.1, -0.05) is 12.1 Å². The van der Waals surface area contributed by atoms with Crippen LogP contribution in [0.1, 0.15) is 43.6 Å². The molecule has 1 spiro atoms. The number of nitrogens with zero attached hydrogens (tertiary/aromatic N) is 1. The Labute approximate surface area is 126 Å². The Bertz CT molecular complexity index is 498. The van der Waals surface area contributed by atoms with Crippen molar-refractivity contribution < 1.29 is 4.39 Å². The van der Waals surface area contributed by atoms with Crippen LogP contribution in [0.4, 0.5) is 4.39 Å². The minimum atomic E-state index is -0.125. The van der Waals surface area contributed by atoms with E-state index in [4.69, 9.17) is 0 Å². The summed E-state index contributed by atoms with van der Waals surface area (Å²) in [5.41, 5.74) is 1.76. The molecule has 3 fully saturated rings. The summed E-state index contributed by atoms with van der Waals surface area (Å²) in [5.74, 6) is 0.420. The van der Waals surface area contributed by atoms with Gasteiger partial charge in [-0.2, -0.15) is 0 Å². The van der Waals surface area contributed by atoms with E-state index in [1.54, 1.807) is 12.1 Å². The van der Waals surface area contributed by atoms with Crippen molar-refractivity contribution in [1.29, 1.82) is 0 Å². The average Bonchev–Trinajstić information content (AvgIpc) is 2.72. The van der Waals surface area contributed by atoms with Crippen molar-refractivity contribution >= 4 is 0 Å². The highest BCUT2D eigenvalue weighted by atomic mass is 19.1. The molecule has 3 saturated heterocycles. The highest BCUT2D eigenvalue weighted by molar-refractivity contribution is 5.26. The summed E-state index contributed by atoms with van der Waals surface area (Å²) in [6, 6.07) is 8.81. The molecule has 2 bridgehead atoms. The lowest BCUT2D eigenvalue weighted by Crippen LogP contribution is -2.53. The SMILES string of the molecule is CN1C2CCC1CC1(CCNCC1c1ccc(F)cc1)C2. The molecule has 0 radical (unpaired) electrons. The standard InChI is InChI=1S/C18H25FN2/c1-21-15-6-7-16(21)11-18(10-15)8-9-20-12-17(18)13-2-4-14(19)5-3-13/h2-5,15-17,20H,6-12H2,1H3. The first-order chi connectivity index (χ1) is 10.2. The van der Waals surface area contributed by atoms with Gasteiger partial charge in [0.25, 0.3) is 0 Å². The van der Waals surface area contributed by atoms with E-state index >= 15 is 0 Å². The number of piperidine rings is 2. The summed E-state index contributed by atoms with van der Waals surface area (Å²) in [6.07, 6.45) is 6.66. The largest absolute Gasteiger partial charge is 0.316 e. The van der Waals surface area contributed by atoms with Crippen molar-refractivity contribution in [2.45, 2.75) is 50.1 Å². The van der Waals surface area contributed by atoms with Crippen molar-refractivity contribution in [3.8, 4) is 0 Å². The first kappa shape index (κ1) is 13.7. The normalized spacial score (nSPS) is 39.8. The summed E-state index contributed by atoms with van der Waals surface area (Å²) in [5, 5.41) is 3.57. The summed E-state index contributed by atoms with van der Waals surface area (Å²) < 4.78 is 13.3. The molecular weight excluding hydrogens is 263 g/mol. The van der Waals surface area contributed by atoms with E-state index in [0.717, 1.165) is 25.2 Å². The lowest BCUT2D eigenvalue weighted by atomic mass is 9.61. The number of hydrogen-bond acceptors (Lipinski definition) is 2. The first-order valence-corrected chi connectivity index (χ1v) is 8.36. The van der Waals surface area contributed by atoms with Gasteiger partial charge in [0.2, 0.25) is 0 Å². The molecule has 3 heteroatoms. The molecule has 1 aromatic carbocycles. The van der Waals surface area contributed by atoms with E-state index in [1.807, 2.05) is 12.1 Å². The number of halogens is 1. The van der Waals surface area contributed by atoms with Crippen LogP contribution in [0, 0.1) is 11.2 Å². The van der Waals surface area contributed by atoms with Gasteiger partial charge in [-0.3, -0.25) is 0 Å². The van der Waals surface area contributed by atoms with Gasteiger partial charge in [0.15, 0.2) is 0 Å². The third kappa shape index (κ3) is 2.22. The third-order valence-electron chi connectivity index (χ3n) is 6.43. The average molecular weight is 288 g/mol. The molecule has 114 valence electrons. The maximum absolute atomic E-state index is 13.3. The van der Waals surface area contributed by atoms with Gasteiger partial charge in [-0.05, 0) is 68.8 Å². The van der Waals surface area contributed by atoms with E-state index in [9.17, 15) is 4.39 Å². The minimum absolute atomic E-state index is 0.125. The quantitative estimate of drug-likeness (QED) is 0.854. The Hall–Kier alpha value is -0.930. The Balaban J connectivity index is 1.67. The van der Waals surface area contributed by atoms with E-state index in [-0.39, 0.29) is 5.82 Å². The van der Waals surface area contributed by atoms with Crippen LogP contribution in [0.25, 0.3) is 0 Å². The Morgan fingerprint density at radius 1 is 1.14 bits per heavy atom. The summed E-state index contributed by atoms with van der Waals surface area (Å²) >= 11 is 0. The maximum Gasteiger partial charge on any atom is 0.123 e. The molecule has 3 atom stereocenters. The number of nitrogens with one attached hydrogen (secondary N) is 1. The topological polar surface area (TPSA) is 15.3 Å². The maximum atomic E-state index is 13.3. The molecule has 4 rings (SSSR count). The molecule has 3 aliphatic rings. The van der Waals surface area contributed by atoms with Crippen molar-refractivity contribution in [3.63, 3.8) is 0 Å². The van der Waals surface area contributed by atoms with Crippen LogP contribution in [-0.2, 0) is 0 Å². The monoisotopic (exact) mass is 288 g/mol. The fourth-order valence-corrected chi connectivity index (χ4v) is 5.23. The van der Waals surface area contributed by atoms with Gasteiger partial charge < -0.3 is 10.2 Å². The van der Waals surface area contributed by atoms with Crippen molar-refractivity contribution in [2.75, 3.05) is 20.1 Å². The van der Waals surface area contributed by atoms with E-state index in [1.165, 1.54) is 37.7 Å². The molecule has 3 heterocycles. The number of benzene rings is 1. The highest BCUT2D eigenvalue weighted by Gasteiger charge is 2.51. The van der Waals surface area contributed by atoms with Crippen LogP contribution in [0.5, 0.6) is 0 Å². The predicted molar refractivity (Wildman–Crippen MR) is 82.9 cm³/mol. The highest BCUT2D eigenvalue weighted by Crippen LogP contribution is 2.54. The van der Waals surface area contributed by atoms with Crippen LogP contribution >= 0.6 is 0 Å². The molecule has 2 nitrogen and oxygen atoms in total. The van der Waals surface area contributed by atoms with Gasteiger partial charge in [0.1, 0.15) is 5.82 Å². The van der Waals surface area contributed by atoms with Crippen molar-refractivity contribution in [2.24, 2.45) is 5.41 Å². The first-order valence-electron chi connectivity index (χ1n) is 8.36. The van der Waals surface area contributed by atoms with Gasteiger partial charge in [0, 0.05) is 24.5 Å². The number of hydrogen-bond donors (Lipinski definition) is 1. The van der Waals surface area contributed by atoms with Crippen LogP contribution in [0.15, 0.2) is 24.3 Å². The predicted octanol–water partition coefficient (Wildman–Crippen LogP) is 3.15. The van der Waals surface area contributed by atoms with Gasteiger partial charge in [0.05, 0.1) is 0 Å². The second-order valence-electron chi connectivity index (χ2n) is 7.38. The molecule has 0 saturated carbocycles. The molecule has 21 heavy (non-hydrogen) atoms. The van der Waals surface area contributed by atoms with Crippen LogP contribution in [-0.4, -0.2) is 37.1 Å². The summed E-state index contributed by atoms with van der Waals surface area (Å²) in [4.78, 5) is 2.62. The fraction of sp³-hybridized carbons (Fsp3) is 0.667. The molecule has 3 unspecified atom stereocenters. The van der Waals surface area contributed by atoms with Gasteiger partial charge in [-0.25, -0.2) is 4.39 Å². The van der Waals surface area contributed by atoms with E-state index in [2.05, 4.69) is 17.3 Å². The van der Waals surface area contributed by atoms with Crippen molar-refractivity contribution in [3.05, 3.63) is 35.6 Å². The van der Waals surface area contributed by atoms with Crippen LogP contribution < -0.4 is 5.32 Å². The molecule has 0 aromatic heterocycles. The zero-order chi connectivity index (χ0) is 14.4. The third-order valence-corrected chi connectivity index (χ3v) is 6.43. The second kappa shape index (κ2) is 5.06. The zero-order valence-electron chi connectivity index (χ0n) is 12.8. The number of rotatable bonds is 1. The summed E-state index contributed by atoms with van der Waals surface area (Å²) in [6.45, 7) is 2.19. The Morgan fingerprint density at radius 3 is 2.48 bits per heavy atom. The lowest BCUT2D eigenvalue weighted by Gasteiger charge is -2.52. The molecule has 3 aliphatic heterocycles. The fourth-order valence-electron chi connectivity index (χ4n) is 5.23. The van der Waals surface area contributed by atoms with Crippen LogP contribution in [0.3, 0.4) is 0 Å². The smallest absolute Gasteiger partial charge is 0.123 e. The van der Waals surface area contributed by atoms with Crippen molar-refractivity contribution in [1.82, 2.24) is 10.2 Å². The second-order valence-corrected chi connectivity index (χ2v) is 7.38. The van der Waals surface area contributed by atoms with Gasteiger partial charge >= 0.3 is 0 Å². The molecule has 0 amide bonds. The zero-order valence-corrected chi connectivity index (χ0v) is 12.8. The summed E-state index contributed by atoms with van der Waals surface area (Å²) in [7, 11) is 2.31. The van der Waals surface area contributed by atoms with E-state index < -0.39 is 0 Å². The number of fused-ring (bicyclic) bond motifs is 2. The minimum Gasteiger partial charge on any atom is -0.316 e. The molecule has 1 N–H and O–H groups in total. The lowest BCUT2D eigenvalue weighted by molar-refractivity contribution is 0.0196. The van der Waals surface area contributed by atoms with Gasteiger partial charge in [-0.15, -0.1) is 0 Å². The molecule has 1 aromatic rings. The van der Waals surface area contributed by atoms with E-state index in [0.29, 0.717) is 11.3 Å². The Kier molecular flexibility index (Phi) is 3.31. The molecular formula is C18H25FN2. The molecule has 0 aliphatic carbocycles. The van der Waals surface area contributed by atoms with Crippen LogP contribution in [0.2, 0.25) is 0 Å². The Morgan fingerprint density at radius 2 is 1.81 bits per heavy atom.